The third-order valence-corrected chi connectivity index (χ3v) is 4.05. The lowest BCUT2D eigenvalue weighted by Gasteiger charge is -2.26. The maximum Gasteiger partial charge on any atom is 0.305 e. The van der Waals surface area contributed by atoms with Crippen LogP contribution in [0, 0.1) is 5.92 Å². The highest BCUT2D eigenvalue weighted by atomic mass is 16.4. The fourth-order valence-electron chi connectivity index (χ4n) is 2.83. The van der Waals surface area contributed by atoms with Gasteiger partial charge in [-0.05, 0) is 25.7 Å². The van der Waals surface area contributed by atoms with Crippen molar-refractivity contribution in [2.75, 3.05) is 6.54 Å². The van der Waals surface area contributed by atoms with E-state index >= 15 is 0 Å². The molecule has 0 aromatic carbocycles. The van der Waals surface area contributed by atoms with Gasteiger partial charge in [-0.25, -0.2) is 0 Å². The fraction of sp³-hybridized carbons (Fsp3) is 0.733. The van der Waals surface area contributed by atoms with Crippen LogP contribution in [-0.2, 0) is 14.4 Å². The van der Waals surface area contributed by atoms with Crippen LogP contribution in [0.4, 0.5) is 0 Å². The predicted octanol–water partition coefficient (Wildman–Crippen LogP) is -0.696. The third-order valence-electron chi connectivity index (χ3n) is 4.05. The Morgan fingerprint density at radius 3 is 2.58 bits per heavy atom. The van der Waals surface area contributed by atoms with Gasteiger partial charge in [-0.1, -0.05) is 13.3 Å². The largest absolute Gasteiger partial charge is 0.481 e. The number of carboxylic acid groups (broad SMARTS) is 1. The van der Waals surface area contributed by atoms with Gasteiger partial charge >= 0.3 is 5.97 Å². The molecule has 0 saturated heterocycles. The highest BCUT2D eigenvalue weighted by Gasteiger charge is 2.27. The summed E-state index contributed by atoms with van der Waals surface area (Å²) in [5.74, 6) is -1.77. The second kappa shape index (κ2) is 9.74. The number of nitrogens with zero attached hydrogens (tertiary/aromatic N) is 1. The van der Waals surface area contributed by atoms with E-state index in [1.807, 2.05) is 0 Å². The molecule has 0 bridgehead atoms. The lowest BCUT2D eigenvalue weighted by atomic mass is 9.85. The summed E-state index contributed by atoms with van der Waals surface area (Å²) in [5.41, 5.74) is 10.7. The summed E-state index contributed by atoms with van der Waals surface area (Å²) in [6.45, 7) is 1.62. The highest BCUT2D eigenvalue weighted by Crippen LogP contribution is 2.26. The molecule has 24 heavy (non-hydrogen) atoms. The van der Waals surface area contributed by atoms with Crippen LogP contribution >= 0.6 is 0 Å². The molecular weight excluding hydrogens is 314 g/mol. The monoisotopic (exact) mass is 341 g/mol. The van der Waals surface area contributed by atoms with E-state index in [4.69, 9.17) is 16.6 Å². The van der Waals surface area contributed by atoms with Crippen LogP contribution in [0.2, 0.25) is 0 Å². The molecular formula is C15H27N5O4. The second-order valence-electron chi connectivity index (χ2n) is 6.06. The fourth-order valence-corrected chi connectivity index (χ4v) is 2.83. The van der Waals surface area contributed by atoms with Crippen molar-refractivity contribution in [1.82, 2.24) is 10.6 Å². The Bertz CT molecular complexity index is 490. The Labute approximate surface area is 141 Å². The van der Waals surface area contributed by atoms with Crippen LogP contribution in [0.5, 0.6) is 0 Å². The minimum Gasteiger partial charge on any atom is -0.481 e. The molecule has 0 aromatic heterocycles. The molecule has 1 fully saturated rings. The molecule has 136 valence electrons. The first kappa shape index (κ1) is 19.7. The van der Waals surface area contributed by atoms with Crippen LogP contribution in [0.3, 0.4) is 0 Å². The SMILES string of the molecule is CCC(CC(=O)O)NC(=O)CNC(=O)C1CCCC(N=C(N)N)C1. The zero-order chi connectivity index (χ0) is 18.1. The summed E-state index contributed by atoms with van der Waals surface area (Å²) in [7, 11) is 0. The molecule has 0 aromatic rings. The Kier molecular flexibility index (Phi) is 8.00. The van der Waals surface area contributed by atoms with Crippen LogP contribution in [0.25, 0.3) is 0 Å². The number of guanidine groups is 1. The number of aliphatic imine (C=N–C) groups is 1. The van der Waals surface area contributed by atoms with Crippen molar-refractivity contribution in [3.05, 3.63) is 0 Å². The predicted molar refractivity (Wildman–Crippen MR) is 89.0 cm³/mol. The lowest BCUT2D eigenvalue weighted by Crippen LogP contribution is -2.44. The number of rotatable bonds is 8. The highest BCUT2D eigenvalue weighted by molar-refractivity contribution is 5.86. The number of hydrogen-bond donors (Lipinski definition) is 5. The topological polar surface area (TPSA) is 160 Å². The van der Waals surface area contributed by atoms with Crippen molar-refractivity contribution < 1.29 is 19.5 Å². The van der Waals surface area contributed by atoms with Gasteiger partial charge in [0.2, 0.25) is 11.8 Å². The van der Waals surface area contributed by atoms with Gasteiger partial charge in [0.1, 0.15) is 0 Å². The Hall–Kier alpha value is -2.32. The molecule has 9 nitrogen and oxygen atoms in total. The molecule has 0 radical (unpaired) electrons. The summed E-state index contributed by atoms with van der Waals surface area (Å²) in [6, 6.07) is -0.499. The quantitative estimate of drug-likeness (QED) is 0.290. The number of hydrogen-bond acceptors (Lipinski definition) is 4. The first-order chi connectivity index (χ1) is 11.3. The van der Waals surface area contributed by atoms with E-state index in [1.165, 1.54) is 0 Å². The molecule has 3 unspecified atom stereocenters. The molecule has 1 rings (SSSR count). The Morgan fingerprint density at radius 2 is 2.00 bits per heavy atom. The lowest BCUT2D eigenvalue weighted by molar-refractivity contribution is -0.138. The average Bonchev–Trinajstić information content (AvgIpc) is 2.51. The van der Waals surface area contributed by atoms with Crippen molar-refractivity contribution in [3.63, 3.8) is 0 Å². The maximum absolute atomic E-state index is 12.2. The summed E-state index contributed by atoms with van der Waals surface area (Å²) in [5, 5.41) is 14.0. The molecule has 1 saturated carbocycles. The number of carbonyl (C=O) groups is 3. The average molecular weight is 341 g/mol. The zero-order valence-electron chi connectivity index (χ0n) is 14.0. The maximum atomic E-state index is 12.2. The zero-order valence-corrected chi connectivity index (χ0v) is 14.0. The number of carbonyl (C=O) groups excluding carboxylic acids is 2. The van der Waals surface area contributed by atoms with Crippen molar-refractivity contribution in [2.45, 2.75) is 57.5 Å². The normalized spacial score (nSPS) is 21.4. The first-order valence-electron chi connectivity index (χ1n) is 8.19. The van der Waals surface area contributed by atoms with Crippen LogP contribution < -0.4 is 22.1 Å². The van der Waals surface area contributed by atoms with Crippen LogP contribution in [-0.4, -0.2) is 47.5 Å². The van der Waals surface area contributed by atoms with Crippen molar-refractivity contribution in [3.8, 4) is 0 Å². The van der Waals surface area contributed by atoms with Gasteiger partial charge < -0.3 is 27.2 Å². The van der Waals surface area contributed by atoms with E-state index in [9.17, 15) is 14.4 Å². The molecule has 0 heterocycles. The number of carboxylic acids is 1. The van der Waals surface area contributed by atoms with Crippen LogP contribution in [0.1, 0.15) is 45.4 Å². The molecule has 0 spiro atoms. The van der Waals surface area contributed by atoms with E-state index in [0.717, 1.165) is 19.3 Å². The smallest absolute Gasteiger partial charge is 0.305 e. The molecule has 7 N–H and O–H groups in total. The molecule has 2 amide bonds. The molecule has 9 heteroatoms. The third kappa shape index (κ3) is 7.30. The van der Waals surface area contributed by atoms with E-state index in [0.29, 0.717) is 12.8 Å². The summed E-state index contributed by atoms with van der Waals surface area (Å²) < 4.78 is 0. The number of nitrogens with one attached hydrogen (secondary N) is 2. The molecule has 1 aliphatic carbocycles. The van der Waals surface area contributed by atoms with Crippen molar-refractivity contribution in [2.24, 2.45) is 22.4 Å². The van der Waals surface area contributed by atoms with Gasteiger partial charge in [0.05, 0.1) is 19.0 Å². The molecule has 1 aliphatic rings. The molecule has 0 aliphatic heterocycles. The number of aliphatic carboxylic acids is 1. The standard InChI is InChI=1S/C15H27N5O4/c1-2-10(7-13(22)23)19-12(21)8-18-14(24)9-4-3-5-11(6-9)20-15(16)17/h9-11H,2-8H2,1H3,(H,18,24)(H,19,21)(H,22,23)(H4,16,17,20). The van der Waals surface area contributed by atoms with Gasteiger partial charge in [-0.15, -0.1) is 0 Å². The minimum atomic E-state index is -0.973. The minimum absolute atomic E-state index is 0.0180. The first-order valence-corrected chi connectivity index (χ1v) is 8.19. The summed E-state index contributed by atoms with van der Waals surface area (Å²) >= 11 is 0. The number of nitrogens with two attached hydrogens (primary N) is 2. The second-order valence-corrected chi connectivity index (χ2v) is 6.06. The van der Waals surface area contributed by atoms with E-state index in [-0.39, 0.29) is 36.8 Å². The Morgan fingerprint density at radius 1 is 1.29 bits per heavy atom. The van der Waals surface area contributed by atoms with E-state index in [2.05, 4.69) is 15.6 Å². The summed E-state index contributed by atoms with van der Waals surface area (Å²) in [4.78, 5) is 38.8. The van der Waals surface area contributed by atoms with Crippen molar-refractivity contribution >= 4 is 23.7 Å². The van der Waals surface area contributed by atoms with Gasteiger partial charge in [-0.2, -0.15) is 0 Å². The Balaban J connectivity index is 2.40. The van der Waals surface area contributed by atoms with Gasteiger partial charge in [-0.3, -0.25) is 19.4 Å². The molecule has 3 atom stereocenters. The van der Waals surface area contributed by atoms with E-state index < -0.39 is 17.9 Å². The van der Waals surface area contributed by atoms with Gasteiger partial charge in [0, 0.05) is 12.0 Å². The van der Waals surface area contributed by atoms with Crippen LogP contribution in [0.15, 0.2) is 4.99 Å². The van der Waals surface area contributed by atoms with Gasteiger partial charge in [0.15, 0.2) is 5.96 Å². The number of amides is 2. The van der Waals surface area contributed by atoms with Gasteiger partial charge in [0.25, 0.3) is 0 Å². The van der Waals surface area contributed by atoms with E-state index in [1.54, 1.807) is 6.92 Å². The van der Waals surface area contributed by atoms with Crippen molar-refractivity contribution in [1.29, 1.82) is 0 Å². The summed E-state index contributed by atoms with van der Waals surface area (Å²) in [6.07, 6.45) is 3.36.